The molecule has 3 nitrogen and oxygen atoms in total. The van der Waals surface area contributed by atoms with Gasteiger partial charge in [0.25, 0.3) is 6.43 Å². The Balaban J connectivity index is 2.33. The first kappa shape index (κ1) is 14.3. The van der Waals surface area contributed by atoms with Crippen LogP contribution in [0.3, 0.4) is 0 Å². The van der Waals surface area contributed by atoms with Crippen LogP contribution in [0.15, 0.2) is 17.1 Å². The van der Waals surface area contributed by atoms with E-state index in [1.165, 1.54) is 0 Å². The van der Waals surface area contributed by atoms with Gasteiger partial charge in [0.1, 0.15) is 0 Å². The minimum absolute atomic E-state index is 0.0983. The van der Waals surface area contributed by atoms with E-state index in [0.717, 1.165) is 12.0 Å². The number of nitrogens with one attached hydrogen (secondary N) is 2. The van der Waals surface area contributed by atoms with E-state index in [1.54, 1.807) is 12.1 Å². The summed E-state index contributed by atoms with van der Waals surface area (Å²) in [6.45, 7) is 1.52. The second kappa shape index (κ2) is 5.92. The molecular weight excluding hydrogens is 295 g/mol. The number of fused-ring (bicyclic) bond motifs is 1. The van der Waals surface area contributed by atoms with Crippen molar-refractivity contribution in [3.63, 3.8) is 0 Å². The van der Waals surface area contributed by atoms with E-state index < -0.39 is 13.0 Å². The average molecular weight is 308 g/mol. The molecule has 7 heteroatoms. The summed E-state index contributed by atoms with van der Waals surface area (Å²) in [5.41, 5.74) is 1.45. The van der Waals surface area contributed by atoms with Crippen molar-refractivity contribution >= 4 is 34.8 Å². The van der Waals surface area contributed by atoms with Crippen LogP contribution in [0.1, 0.15) is 24.9 Å². The maximum atomic E-state index is 12.2. The Morgan fingerprint density at radius 3 is 2.79 bits per heavy atom. The van der Waals surface area contributed by atoms with Crippen molar-refractivity contribution in [1.29, 1.82) is 0 Å². The van der Waals surface area contributed by atoms with Crippen LogP contribution in [-0.4, -0.2) is 18.9 Å². The Bertz CT molecular complexity index is 506. The molecule has 0 spiro atoms. The summed E-state index contributed by atoms with van der Waals surface area (Å²) < 4.78 is 24.4. The number of halogens is 4. The van der Waals surface area contributed by atoms with Crippen molar-refractivity contribution in [3.8, 4) is 0 Å². The van der Waals surface area contributed by atoms with E-state index >= 15 is 0 Å². The second-order valence-electron chi connectivity index (χ2n) is 4.13. The van der Waals surface area contributed by atoms with Crippen LogP contribution in [-0.2, 0) is 0 Å². The van der Waals surface area contributed by atoms with E-state index in [4.69, 9.17) is 23.2 Å². The van der Waals surface area contributed by atoms with Crippen molar-refractivity contribution < 1.29 is 8.78 Å². The minimum atomic E-state index is -2.43. The van der Waals surface area contributed by atoms with Gasteiger partial charge in [-0.3, -0.25) is 0 Å². The molecule has 1 atom stereocenters. The molecule has 0 bridgehead atoms. The molecule has 1 aliphatic rings. The van der Waals surface area contributed by atoms with Crippen molar-refractivity contribution in [1.82, 2.24) is 10.6 Å². The highest BCUT2D eigenvalue weighted by Gasteiger charge is 2.24. The number of hydrogen-bond donors (Lipinski definition) is 2. The van der Waals surface area contributed by atoms with E-state index in [2.05, 4.69) is 15.6 Å². The SMILES string of the molecule is CCC1NC(NCC(F)F)=Nc2ccc(Cl)c(Cl)c21. The number of nitrogens with zero attached hydrogens (tertiary/aromatic N) is 1. The van der Waals surface area contributed by atoms with Gasteiger partial charge in [0.05, 0.1) is 28.3 Å². The molecule has 0 saturated carbocycles. The zero-order valence-electron chi connectivity index (χ0n) is 10.2. The zero-order valence-corrected chi connectivity index (χ0v) is 11.7. The van der Waals surface area contributed by atoms with Crippen LogP contribution >= 0.6 is 23.2 Å². The number of guanidine groups is 1. The van der Waals surface area contributed by atoms with Gasteiger partial charge >= 0.3 is 0 Å². The molecule has 2 N–H and O–H groups in total. The number of alkyl halides is 2. The third-order valence-corrected chi connectivity index (χ3v) is 3.65. The van der Waals surface area contributed by atoms with Gasteiger partial charge in [0.2, 0.25) is 0 Å². The summed E-state index contributed by atoms with van der Waals surface area (Å²) in [7, 11) is 0. The van der Waals surface area contributed by atoms with Gasteiger partial charge in [-0.1, -0.05) is 30.1 Å². The van der Waals surface area contributed by atoms with Crippen LogP contribution in [0.4, 0.5) is 14.5 Å². The van der Waals surface area contributed by atoms with E-state index in [9.17, 15) is 8.78 Å². The first-order valence-corrected chi connectivity index (χ1v) is 6.63. The number of rotatable bonds is 3. The summed E-state index contributed by atoms with van der Waals surface area (Å²) in [4.78, 5) is 4.24. The molecule has 0 saturated heterocycles. The Labute approximate surface area is 120 Å². The molecular formula is C12H13Cl2F2N3. The highest BCUT2D eigenvalue weighted by molar-refractivity contribution is 6.42. The van der Waals surface area contributed by atoms with Gasteiger partial charge in [0.15, 0.2) is 5.96 Å². The van der Waals surface area contributed by atoms with Crippen LogP contribution in [0.25, 0.3) is 0 Å². The largest absolute Gasteiger partial charge is 0.350 e. The molecule has 0 amide bonds. The number of aliphatic imine (C=N–C) groups is 1. The quantitative estimate of drug-likeness (QED) is 0.889. The molecule has 0 fully saturated rings. The maximum absolute atomic E-state index is 12.2. The fraction of sp³-hybridized carbons (Fsp3) is 0.417. The highest BCUT2D eigenvalue weighted by Crippen LogP contribution is 2.40. The third kappa shape index (κ3) is 3.09. The van der Waals surface area contributed by atoms with Gasteiger partial charge in [-0.15, -0.1) is 0 Å². The lowest BCUT2D eigenvalue weighted by Crippen LogP contribution is -2.43. The summed E-state index contributed by atoms with van der Waals surface area (Å²) in [5.74, 6) is 0.332. The Kier molecular flexibility index (Phi) is 4.47. The van der Waals surface area contributed by atoms with Gasteiger partial charge in [-0.25, -0.2) is 13.8 Å². The predicted octanol–water partition coefficient (Wildman–Crippen LogP) is 3.89. The fourth-order valence-electron chi connectivity index (χ4n) is 1.95. The van der Waals surface area contributed by atoms with Crippen molar-refractivity contribution in [2.24, 2.45) is 4.99 Å². The molecule has 0 aliphatic carbocycles. The first-order valence-electron chi connectivity index (χ1n) is 5.88. The van der Waals surface area contributed by atoms with Gasteiger partial charge in [0, 0.05) is 5.56 Å². The van der Waals surface area contributed by atoms with Crippen molar-refractivity contribution in [3.05, 3.63) is 27.7 Å². The zero-order chi connectivity index (χ0) is 14.0. The Morgan fingerprint density at radius 2 is 2.16 bits per heavy atom. The van der Waals surface area contributed by atoms with Gasteiger partial charge < -0.3 is 10.6 Å². The third-order valence-electron chi connectivity index (χ3n) is 2.83. The highest BCUT2D eigenvalue weighted by atomic mass is 35.5. The lowest BCUT2D eigenvalue weighted by Gasteiger charge is -2.27. The maximum Gasteiger partial charge on any atom is 0.255 e. The molecule has 1 aliphatic heterocycles. The topological polar surface area (TPSA) is 36.4 Å². The minimum Gasteiger partial charge on any atom is -0.350 e. The second-order valence-corrected chi connectivity index (χ2v) is 4.92. The van der Waals surface area contributed by atoms with E-state index in [1.807, 2.05) is 6.92 Å². The summed E-state index contributed by atoms with van der Waals surface area (Å²) in [6.07, 6.45) is -1.69. The lowest BCUT2D eigenvalue weighted by atomic mass is 10.0. The average Bonchev–Trinajstić information content (AvgIpc) is 2.39. The van der Waals surface area contributed by atoms with Gasteiger partial charge in [-0.2, -0.15) is 0 Å². The normalized spacial score (nSPS) is 17.8. The fourth-order valence-corrected chi connectivity index (χ4v) is 2.40. The van der Waals surface area contributed by atoms with Crippen LogP contribution in [0, 0.1) is 0 Å². The summed E-state index contributed by atoms with van der Waals surface area (Å²) in [6, 6.07) is 3.28. The molecule has 104 valence electrons. The molecule has 1 unspecified atom stereocenters. The molecule has 0 radical (unpaired) electrons. The van der Waals surface area contributed by atoms with Crippen LogP contribution in [0.5, 0.6) is 0 Å². The number of hydrogen-bond acceptors (Lipinski definition) is 3. The molecule has 0 aromatic heterocycles. The molecule has 1 aromatic carbocycles. The molecule has 19 heavy (non-hydrogen) atoms. The molecule has 1 heterocycles. The molecule has 2 rings (SSSR count). The lowest BCUT2D eigenvalue weighted by molar-refractivity contribution is 0.152. The summed E-state index contributed by atoms with van der Waals surface area (Å²) in [5, 5.41) is 6.53. The number of benzene rings is 1. The summed E-state index contributed by atoms with van der Waals surface area (Å²) >= 11 is 12.2. The van der Waals surface area contributed by atoms with Gasteiger partial charge in [-0.05, 0) is 18.6 Å². The van der Waals surface area contributed by atoms with E-state index in [-0.39, 0.29) is 6.04 Å². The smallest absolute Gasteiger partial charge is 0.255 e. The molecule has 1 aromatic rings. The Hall–Kier alpha value is -1.07. The Morgan fingerprint density at radius 1 is 1.42 bits per heavy atom. The monoisotopic (exact) mass is 307 g/mol. The predicted molar refractivity (Wildman–Crippen MR) is 73.7 cm³/mol. The first-order chi connectivity index (χ1) is 9.02. The van der Waals surface area contributed by atoms with Crippen molar-refractivity contribution in [2.75, 3.05) is 6.54 Å². The van der Waals surface area contributed by atoms with Crippen LogP contribution in [0.2, 0.25) is 10.0 Å². The van der Waals surface area contributed by atoms with Crippen molar-refractivity contribution in [2.45, 2.75) is 25.8 Å². The van der Waals surface area contributed by atoms with E-state index in [0.29, 0.717) is 21.7 Å². The standard InChI is InChI=1S/C12H13Cl2F2N3/c1-2-7-10-8(4-3-6(13)11(10)14)19-12(18-7)17-5-9(15)16/h3-4,7,9H,2,5H2,1H3,(H2,17,18,19). The van der Waals surface area contributed by atoms with Crippen LogP contribution < -0.4 is 10.6 Å².